The van der Waals surface area contributed by atoms with Gasteiger partial charge in [-0.1, -0.05) is 19.1 Å². The van der Waals surface area contributed by atoms with Crippen LogP contribution < -0.4 is 9.83 Å². The zero-order valence-electron chi connectivity index (χ0n) is 8.76. The maximum Gasteiger partial charge on any atom is 0.240 e. The van der Waals surface area contributed by atoms with E-state index in [4.69, 9.17) is 0 Å². The second-order valence-corrected chi connectivity index (χ2v) is 4.98. The summed E-state index contributed by atoms with van der Waals surface area (Å²) in [5.74, 6) is -1.40. The summed E-state index contributed by atoms with van der Waals surface area (Å²) in [5.41, 5.74) is -0.153. The van der Waals surface area contributed by atoms with Gasteiger partial charge in [0.1, 0.15) is 0 Å². The Bertz CT molecular complexity index is 481. The topological polar surface area (TPSA) is 86.3 Å². The molecular formula is C10H12NO4S-. The molecule has 0 bridgehead atoms. The second kappa shape index (κ2) is 5.09. The first kappa shape index (κ1) is 12.7. The van der Waals surface area contributed by atoms with Crippen molar-refractivity contribution in [1.29, 1.82) is 0 Å². The fourth-order valence-corrected chi connectivity index (χ4v) is 2.29. The number of hydrogen-bond acceptors (Lipinski definition) is 4. The lowest BCUT2D eigenvalue weighted by Gasteiger charge is -2.07. The van der Waals surface area contributed by atoms with Gasteiger partial charge in [0.15, 0.2) is 0 Å². The van der Waals surface area contributed by atoms with Crippen molar-refractivity contribution >= 4 is 16.0 Å². The van der Waals surface area contributed by atoms with Crippen molar-refractivity contribution in [3.63, 3.8) is 0 Å². The summed E-state index contributed by atoms with van der Waals surface area (Å²) < 4.78 is 25.6. The first-order chi connectivity index (χ1) is 7.47. The normalized spacial score (nSPS) is 11.3. The molecule has 0 atom stereocenters. The van der Waals surface area contributed by atoms with Crippen LogP contribution in [0.4, 0.5) is 0 Å². The molecule has 0 spiro atoms. The summed E-state index contributed by atoms with van der Waals surface area (Å²) in [6.07, 6.45) is 0.666. The van der Waals surface area contributed by atoms with Gasteiger partial charge in [-0.15, -0.1) is 0 Å². The van der Waals surface area contributed by atoms with Crippen molar-refractivity contribution in [1.82, 2.24) is 4.72 Å². The van der Waals surface area contributed by atoms with Crippen molar-refractivity contribution < 1.29 is 18.3 Å². The molecule has 0 heterocycles. The standard InChI is InChI=1S/C10H13NO4S/c1-2-6-11-16(14,15)9-5-3-4-8(7-9)10(12)13/h3-5,7,11H,2,6H2,1H3,(H,12,13)/p-1. The molecule has 0 aliphatic heterocycles. The quantitative estimate of drug-likeness (QED) is 0.770. The Balaban J connectivity index is 3.04. The summed E-state index contributed by atoms with van der Waals surface area (Å²) in [6, 6.07) is 5.07. The highest BCUT2D eigenvalue weighted by Crippen LogP contribution is 2.10. The van der Waals surface area contributed by atoms with Gasteiger partial charge in [-0.05, 0) is 24.1 Å². The highest BCUT2D eigenvalue weighted by molar-refractivity contribution is 7.89. The number of carboxylic acid groups (broad SMARTS) is 1. The first-order valence-electron chi connectivity index (χ1n) is 4.78. The van der Waals surface area contributed by atoms with E-state index in [9.17, 15) is 18.3 Å². The average molecular weight is 242 g/mol. The Labute approximate surface area is 94.2 Å². The van der Waals surface area contributed by atoms with Crippen LogP contribution >= 0.6 is 0 Å². The van der Waals surface area contributed by atoms with Crippen LogP contribution in [0.5, 0.6) is 0 Å². The minimum Gasteiger partial charge on any atom is -0.545 e. The maximum atomic E-state index is 11.6. The summed E-state index contributed by atoms with van der Waals surface area (Å²) in [6.45, 7) is 2.15. The molecule has 1 rings (SSSR count). The summed E-state index contributed by atoms with van der Waals surface area (Å²) >= 11 is 0. The first-order valence-corrected chi connectivity index (χ1v) is 6.27. The Morgan fingerprint density at radius 3 is 2.69 bits per heavy atom. The van der Waals surface area contributed by atoms with Crippen molar-refractivity contribution in [3.05, 3.63) is 29.8 Å². The molecule has 0 aliphatic rings. The molecule has 1 N–H and O–H groups in total. The summed E-state index contributed by atoms with van der Waals surface area (Å²) in [7, 11) is -3.62. The number of carboxylic acids is 1. The van der Waals surface area contributed by atoms with Gasteiger partial charge in [-0.3, -0.25) is 0 Å². The molecule has 0 amide bonds. The molecule has 0 unspecified atom stereocenters. The number of benzene rings is 1. The lowest BCUT2D eigenvalue weighted by atomic mass is 10.2. The van der Waals surface area contributed by atoms with E-state index < -0.39 is 16.0 Å². The number of aromatic carboxylic acids is 1. The Kier molecular flexibility index (Phi) is 4.03. The zero-order valence-corrected chi connectivity index (χ0v) is 9.58. The smallest absolute Gasteiger partial charge is 0.240 e. The molecular weight excluding hydrogens is 230 g/mol. The van der Waals surface area contributed by atoms with Crippen molar-refractivity contribution in [2.45, 2.75) is 18.2 Å². The third-order valence-electron chi connectivity index (χ3n) is 1.92. The van der Waals surface area contributed by atoms with E-state index in [-0.39, 0.29) is 10.5 Å². The van der Waals surface area contributed by atoms with Crippen molar-refractivity contribution in [2.24, 2.45) is 0 Å². The largest absolute Gasteiger partial charge is 0.545 e. The lowest BCUT2D eigenvalue weighted by Crippen LogP contribution is -2.26. The van der Waals surface area contributed by atoms with Crippen molar-refractivity contribution in [2.75, 3.05) is 6.54 Å². The molecule has 1 aromatic rings. The van der Waals surface area contributed by atoms with Crippen LogP contribution in [0.2, 0.25) is 0 Å². The maximum absolute atomic E-state index is 11.6. The van der Waals surface area contributed by atoms with Gasteiger partial charge in [0.05, 0.1) is 10.9 Å². The molecule has 0 aliphatic carbocycles. The fraction of sp³-hybridized carbons (Fsp3) is 0.300. The molecule has 6 heteroatoms. The Morgan fingerprint density at radius 2 is 2.12 bits per heavy atom. The highest BCUT2D eigenvalue weighted by atomic mass is 32.2. The van der Waals surface area contributed by atoms with Gasteiger partial charge in [0.25, 0.3) is 0 Å². The van der Waals surface area contributed by atoms with E-state index in [1.807, 2.05) is 6.92 Å². The van der Waals surface area contributed by atoms with E-state index in [0.717, 1.165) is 6.07 Å². The van der Waals surface area contributed by atoms with E-state index in [1.165, 1.54) is 18.2 Å². The summed E-state index contributed by atoms with van der Waals surface area (Å²) in [5, 5.41) is 10.6. The van der Waals surface area contributed by atoms with Crippen LogP contribution in [0.25, 0.3) is 0 Å². The monoisotopic (exact) mass is 242 g/mol. The molecule has 0 aromatic heterocycles. The number of carbonyl (C=O) groups is 1. The van der Waals surface area contributed by atoms with Crippen molar-refractivity contribution in [3.8, 4) is 0 Å². The van der Waals surface area contributed by atoms with Crippen LogP contribution in [0.15, 0.2) is 29.2 Å². The zero-order chi connectivity index (χ0) is 12.2. The third-order valence-corrected chi connectivity index (χ3v) is 3.38. The lowest BCUT2D eigenvalue weighted by molar-refractivity contribution is -0.255. The van der Waals surface area contributed by atoms with Gasteiger partial charge in [0, 0.05) is 6.54 Å². The Morgan fingerprint density at radius 1 is 1.44 bits per heavy atom. The van der Waals surface area contributed by atoms with Crippen LogP contribution in [-0.4, -0.2) is 20.9 Å². The second-order valence-electron chi connectivity index (χ2n) is 3.21. The molecule has 5 nitrogen and oxygen atoms in total. The van der Waals surface area contributed by atoms with E-state index in [2.05, 4.69) is 4.72 Å². The van der Waals surface area contributed by atoms with Gasteiger partial charge in [0.2, 0.25) is 10.0 Å². The number of hydrogen-bond donors (Lipinski definition) is 1. The van der Waals surface area contributed by atoms with Gasteiger partial charge in [-0.2, -0.15) is 0 Å². The van der Waals surface area contributed by atoms with Gasteiger partial charge >= 0.3 is 0 Å². The molecule has 0 radical (unpaired) electrons. The molecule has 16 heavy (non-hydrogen) atoms. The molecule has 0 saturated carbocycles. The van der Waals surface area contributed by atoms with Crippen LogP contribution in [0.3, 0.4) is 0 Å². The van der Waals surface area contributed by atoms with Crippen LogP contribution in [0.1, 0.15) is 23.7 Å². The average Bonchev–Trinajstić information content (AvgIpc) is 2.26. The number of carbonyl (C=O) groups excluding carboxylic acids is 1. The molecule has 88 valence electrons. The molecule has 0 saturated heterocycles. The van der Waals surface area contributed by atoms with Gasteiger partial charge in [-0.25, -0.2) is 13.1 Å². The predicted molar refractivity (Wildman–Crippen MR) is 56.3 cm³/mol. The minimum atomic E-state index is -3.62. The number of rotatable bonds is 5. The van der Waals surface area contributed by atoms with Crippen LogP contribution in [0, 0.1) is 0 Å². The fourth-order valence-electron chi connectivity index (χ4n) is 1.11. The molecule has 0 fully saturated rings. The number of sulfonamides is 1. The predicted octanol–water partition coefficient (Wildman–Crippen LogP) is -0.262. The van der Waals surface area contributed by atoms with E-state index >= 15 is 0 Å². The molecule has 1 aromatic carbocycles. The Hall–Kier alpha value is -1.40. The number of nitrogens with one attached hydrogen (secondary N) is 1. The van der Waals surface area contributed by atoms with Gasteiger partial charge < -0.3 is 9.90 Å². The third kappa shape index (κ3) is 3.04. The SMILES string of the molecule is CCCNS(=O)(=O)c1cccc(C(=O)[O-])c1. The van der Waals surface area contributed by atoms with E-state index in [0.29, 0.717) is 13.0 Å². The van der Waals surface area contributed by atoms with Crippen LogP contribution in [-0.2, 0) is 10.0 Å². The van der Waals surface area contributed by atoms with E-state index in [1.54, 1.807) is 0 Å². The highest BCUT2D eigenvalue weighted by Gasteiger charge is 2.13. The summed E-state index contributed by atoms with van der Waals surface area (Å²) in [4.78, 5) is 10.5. The minimum absolute atomic E-state index is 0.0670.